The highest BCUT2D eigenvalue weighted by molar-refractivity contribution is 5.94. The number of nitrogens with zero attached hydrogens (tertiary/aromatic N) is 1. The van der Waals surface area contributed by atoms with Gasteiger partial charge in [-0.05, 0) is 25.8 Å². The maximum absolute atomic E-state index is 13.2. The van der Waals surface area contributed by atoms with Crippen LogP contribution in [0.3, 0.4) is 0 Å². The molecule has 1 aliphatic heterocycles. The lowest BCUT2D eigenvalue weighted by Gasteiger charge is -2.40. The number of hydrogen-bond acceptors (Lipinski definition) is 3. The third-order valence-electron chi connectivity index (χ3n) is 3.61. The zero-order valence-electron chi connectivity index (χ0n) is 12.2. The van der Waals surface area contributed by atoms with Crippen molar-refractivity contribution in [1.29, 1.82) is 0 Å². The average molecular weight is 318 g/mol. The molecule has 0 spiro atoms. The van der Waals surface area contributed by atoms with E-state index in [1.54, 1.807) is 6.92 Å². The van der Waals surface area contributed by atoms with Crippen molar-refractivity contribution in [1.82, 2.24) is 10.2 Å². The summed E-state index contributed by atoms with van der Waals surface area (Å²) >= 11 is 0. The molecular weight excluding hydrogens is 301 g/mol. The molecule has 8 heteroatoms. The van der Waals surface area contributed by atoms with Crippen molar-refractivity contribution >= 4 is 11.8 Å². The summed E-state index contributed by atoms with van der Waals surface area (Å²) in [7, 11) is 0. The second-order valence-electron chi connectivity index (χ2n) is 5.44. The number of halogens is 3. The quantitative estimate of drug-likeness (QED) is 0.910. The highest BCUT2D eigenvalue weighted by Crippen LogP contribution is 2.33. The number of amides is 2. The molecule has 0 aliphatic carbocycles. The molecule has 2 atom stereocenters. The van der Waals surface area contributed by atoms with Crippen molar-refractivity contribution in [3.05, 3.63) is 23.7 Å². The van der Waals surface area contributed by atoms with Gasteiger partial charge in [0.05, 0.1) is 5.56 Å². The summed E-state index contributed by atoms with van der Waals surface area (Å²) in [5.41, 5.74) is 0.0789. The van der Waals surface area contributed by atoms with Crippen molar-refractivity contribution in [3.63, 3.8) is 0 Å². The number of hydrogen-bond donors (Lipinski definition) is 1. The van der Waals surface area contributed by atoms with Crippen LogP contribution < -0.4 is 5.32 Å². The van der Waals surface area contributed by atoms with Crippen LogP contribution >= 0.6 is 0 Å². The molecule has 1 fully saturated rings. The third kappa shape index (κ3) is 3.61. The van der Waals surface area contributed by atoms with Crippen LogP contribution in [0.4, 0.5) is 13.2 Å². The number of carbonyl (C=O) groups is 2. The molecule has 0 unspecified atom stereocenters. The Labute approximate surface area is 125 Å². The van der Waals surface area contributed by atoms with Gasteiger partial charge in [0, 0.05) is 19.5 Å². The van der Waals surface area contributed by atoms with Crippen LogP contribution in [0.25, 0.3) is 0 Å². The maximum atomic E-state index is 13.2. The molecule has 1 aromatic heterocycles. The second-order valence-corrected chi connectivity index (χ2v) is 5.44. The van der Waals surface area contributed by atoms with Crippen LogP contribution in [0, 0.1) is 6.92 Å². The van der Waals surface area contributed by atoms with E-state index in [0.717, 1.165) is 11.2 Å². The molecule has 5 nitrogen and oxygen atoms in total. The fourth-order valence-corrected chi connectivity index (χ4v) is 2.66. The Morgan fingerprint density at radius 1 is 1.36 bits per heavy atom. The predicted octanol–water partition coefficient (Wildman–Crippen LogP) is 2.26. The zero-order chi connectivity index (χ0) is 16.5. The molecule has 0 radical (unpaired) electrons. The monoisotopic (exact) mass is 318 g/mol. The number of furan rings is 1. The van der Waals surface area contributed by atoms with E-state index in [-0.39, 0.29) is 30.9 Å². The first-order chi connectivity index (χ1) is 10.2. The van der Waals surface area contributed by atoms with Gasteiger partial charge in [0.15, 0.2) is 0 Å². The molecule has 1 N–H and O–H groups in total. The van der Waals surface area contributed by atoms with Gasteiger partial charge in [-0.1, -0.05) is 0 Å². The Morgan fingerprint density at radius 3 is 2.55 bits per heavy atom. The Balaban J connectivity index is 2.23. The minimum Gasteiger partial charge on any atom is -0.469 e. The van der Waals surface area contributed by atoms with Crippen molar-refractivity contribution in [2.75, 3.05) is 6.54 Å². The molecule has 2 heterocycles. The number of piperidine rings is 1. The molecule has 1 saturated heterocycles. The van der Waals surface area contributed by atoms with Gasteiger partial charge in [-0.15, -0.1) is 0 Å². The van der Waals surface area contributed by atoms with E-state index in [4.69, 9.17) is 4.42 Å². The van der Waals surface area contributed by atoms with Crippen LogP contribution in [0.15, 0.2) is 16.7 Å². The highest BCUT2D eigenvalue weighted by Gasteiger charge is 2.48. The highest BCUT2D eigenvalue weighted by atomic mass is 19.4. The van der Waals surface area contributed by atoms with Gasteiger partial charge in [-0.3, -0.25) is 9.59 Å². The lowest BCUT2D eigenvalue weighted by molar-refractivity contribution is -0.184. The normalized spacial score (nSPS) is 22.5. The van der Waals surface area contributed by atoms with Crippen LogP contribution in [-0.4, -0.2) is 41.5 Å². The van der Waals surface area contributed by atoms with Gasteiger partial charge < -0.3 is 14.6 Å². The van der Waals surface area contributed by atoms with E-state index in [0.29, 0.717) is 5.76 Å². The van der Waals surface area contributed by atoms with Crippen molar-refractivity contribution < 1.29 is 27.2 Å². The molecular formula is C14H17F3N2O3. The van der Waals surface area contributed by atoms with Crippen LogP contribution in [0.2, 0.25) is 0 Å². The Bertz CT molecular complexity index is 568. The lowest BCUT2D eigenvalue weighted by Crippen LogP contribution is -2.58. The topological polar surface area (TPSA) is 62.6 Å². The second kappa shape index (κ2) is 6.02. The van der Waals surface area contributed by atoms with Gasteiger partial charge in [0.1, 0.15) is 18.1 Å². The van der Waals surface area contributed by atoms with Crippen molar-refractivity contribution in [3.8, 4) is 0 Å². The fraction of sp³-hybridized carbons (Fsp3) is 0.571. The van der Waals surface area contributed by atoms with E-state index >= 15 is 0 Å². The number of alkyl halides is 3. The van der Waals surface area contributed by atoms with E-state index < -0.39 is 24.2 Å². The molecule has 2 amide bonds. The Kier molecular flexibility index (Phi) is 4.48. The van der Waals surface area contributed by atoms with E-state index in [1.165, 1.54) is 13.0 Å². The third-order valence-corrected chi connectivity index (χ3v) is 3.61. The number of aryl methyl sites for hydroxylation is 1. The number of likely N-dealkylation sites (tertiary alicyclic amines) is 1. The molecule has 0 aromatic carbocycles. The average Bonchev–Trinajstić information content (AvgIpc) is 2.82. The van der Waals surface area contributed by atoms with Gasteiger partial charge in [-0.2, -0.15) is 13.2 Å². The first-order valence-corrected chi connectivity index (χ1v) is 6.88. The molecule has 1 aromatic rings. The van der Waals surface area contributed by atoms with Gasteiger partial charge in [0.25, 0.3) is 5.91 Å². The zero-order valence-corrected chi connectivity index (χ0v) is 12.2. The maximum Gasteiger partial charge on any atom is 0.408 e. The Hall–Kier alpha value is -1.99. The van der Waals surface area contributed by atoms with E-state index in [9.17, 15) is 22.8 Å². The molecule has 122 valence electrons. The predicted molar refractivity (Wildman–Crippen MR) is 71.2 cm³/mol. The van der Waals surface area contributed by atoms with Gasteiger partial charge >= 0.3 is 6.18 Å². The fourth-order valence-electron chi connectivity index (χ4n) is 2.66. The summed E-state index contributed by atoms with van der Waals surface area (Å²) in [6.45, 7) is 2.72. The van der Waals surface area contributed by atoms with Crippen LogP contribution in [0.1, 0.15) is 35.9 Å². The summed E-state index contributed by atoms with van der Waals surface area (Å²) in [5.74, 6) is -0.626. The smallest absolute Gasteiger partial charge is 0.408 e. The lowest BCUT2D eigenvalue weighted by atomic mass is 9.96. The summed E-state index contributed by atoms with van der Waals surface area (Å²) in [6, 6.07) is -0.925. The first-order valence-electron chi connectivity index (χ1n) is 6.88. The largest absolute Gasteiger partial charge is 0.469 e. The first kappa shape index (κ1) is 16.4. The molecule has 0 bridgehead atoms. The van der Waals surface area contributed by atoms with E-state index in [2.05, 4.69) is 5.32 Å². The number of rotatable bonds is 2. The summed E-state index contributed by atoms with van der Waals surface area (Å²) in [5, 5.41) is 2.57. The van der Waals surface area contributed by atoms with Gasteiger partial charge in [-0.25, -0.2) is 0 Å². The Morgan fingerprint density at radius 2 is 2.05 bits per heavy atom. The molecule has 22 heavy (non-hydrogen) atoms. The van der Waals surface area contributed by atoms with Crippen LogP contribution in [-0.2, 0) is 4.79 Å². The standard InChI is InChI=1S/C14H17F3N2O3/c1-8-5-10(7-22-8)13(21)19-6-11(18-9(2)20)3-4-12(19)14(15,16)17/h5,7,11-12H,3-4,6H2,1-2H3,(H,18,20)/t11-,12+/m0/s1. The number of nitrogens with one attached hydrogen (secondary N) is 1. The van der Waals surface area contributed by atoms with Crippen molar-refractivity contribution in [2.45, 2.75) is 44.9 Å². The minimum absolute atomic E-state index is 0.0789. The molecule has 2 rings (SSSR count). The number of carbonyl (C=O) groups excluding carboxylic acids is 2. The summed E-state index contributed by atoms with van der Waals surface area (Å²) in [4.78, 5) is 24.2. The molecule has 1 aliphatic rings. The van der Waals surface area contributed by atoms with Gasteiger partial charge in [0.2, 0.25) is 5.91 Å². The van der Waals surface area contributed by atoms with E-state index in [1.807, 2.05) is 0 Å². The summed E-state index contributed by atoms with van der Waals surface area (Å²) in [6.07, 6.45) is -3.42. The molecule has 0 saturated carbocycles. The van der Waals surface area contributed by atoms with Crippen LogP contribution in [0.5, 0.6) is 0 Å². The SMILES string of the molecule is CC(=O)N[C@H]1CC[C@H](C(F)(F)F)N(C(=O)c2coc(C)c2)C1. The van der Waals surface area contributed by atoms with Crippen molar-refractivity contribution in [2.24, 2.45) is 0 Å². The minimum atomic E-state index is -4.50. The summed E-state index contributed by atoms with van der Waals surface area (Å²) < 4.78 is 44.5.